The summed E-state index contributed by atoms with van der Waals surface area (Å²) in [6.45, 7) is 5.62. The minimum atomic E-state index is -0.591. The van der Waals surface area contributed by atoms with Crippen molar-refractivity contribution in [2.24, 2.45) is 0 Å². The van der Waals surface area contributed by atoms with Crippen molar-refractivity contribution in [2.75, 3.05) is 11.9 Å². The summed E-state index contributed by atoms with van der Waals surface area (Å²) in [4.78, 5) is 13.5. The largest absolute Gasteiger partial charge is 0.392 e. The second-order valence-corrected chi connectivity index (χ2v) is 4.53. The first-order valence-electron chi connectivity index (χ1n) is 5.91. The normalized spacial score (nSPS) is 12.3. The summed E-state index contributed by atoms with van der Waals surface area (Å²) < 4.78 is 12.7. The van der Waals surface area contributed by atoms with E-state index >= 15 is 0 Å². The number of hydrogen-bond donors (Lipinski definition) is 2. The lowest BCUT2D eigenvalue weighted by atomic mass is 10.2. The SMILES string of the molecule is CC(O)CN(C(=O)Nc1ccc(F)cc1)C(C)C. The van der Waals surface area contributed by atoms with Crippen LogP contribution in [0.4, 0.5) is 14.9 Å². The highest BCUT2D eigenvalue weighted by Gasteiger charge is 2.18. The van der Waals surface area contributed by atoms with Gasteiger partial charge in [0.15, 0.2) is 0 Å². The Morgan fingerprint density at radius 2 is 1.89 bits per heavy atom. The zero-order valence-electron chi connectivity index (χ0n) is 10.9. The number of amides is 2. The fraction of sp³-hybridized carbons (Fsp3) is 0.462. The highest BCUT2D eigenvalue weighted by molar-refractivity contribution is 5.89. The number of anilines is 1. The lowest BCUT2D eigenvalue weighted by molar-refractivity contribution is 0.125. The van der Waals surface area contributed by atoms with E-state index < -0.39 is 6.10 Å². The van der Waals surface area contributed by atoms with E-state index in [0.29, 0.717) is 5.69 Å². The van der Waals surface area contributed by atoms with E-state index in [4.69, 9.17) is 0 Å². The Hall–Kier alpha value is -1.62. The summed E-state index contributed by atoms with van der Waals surface area (Å²) in [7, 11) is 0. The van der Waals surface area contributed by atoms with E-state index in [1.54, 1.807) is 6.92 Å². The molecule has 0 saturated heterocycles. The molecule has 1 aromatic rings. The van der Waals surface area contributed by atoms with Gasteiger partial charge in [0.05, 0.1) is 6.10 Å². The van der Waals surface area contributed by atoms with E-state index in [0.717, 1.165) is 0 Å². The number of carbonyl (C=O) groups is 1. The van der Waals surface area contributed by atoms with Crippen LogP contribution in [0.3, 0.4) is 0 Å². The van der Waals surface area contributed by atoms with Gasteiger partial charge in [0, 0.05) is 18.3 Å². The monoisotopic (exact) mass is 254 g/mol. The highest BCUT2D eigenvalue weighted by atomic mass is 19.1. The van der Waals surface area contributed by atoms with Crippen LogP contribution in [0, 0.1) is 5.82 Å². The average Bonchev–Trinajstić information content (AvgIpc) is 2.28. The molecule has 5 heteroatoms. The van der Waals surface area contributed by atoms with E-state index in [9.17, 15) is 14.3 Å². The third kappa shape index (κ3) is 4.33. The van der Waals surface area contributed by atoms with Gasteiger partial charge in [-0.25, -0.2) is 9.18 Å². The van der Waals surface area contributed by atoms with Gasteiger partial charge in [-0.2, -0.15) is 0 Å². The van der Waals surface area contributed by atoms with Crippen molar-refractivity contribution in [3.8, 4) is 0 Å². The molecule has 100 valence electrons. The molecule has 0 fully saturated rings. The average molecular weight is 254 g/mol. The summed E-state index contributed by atoms with van der Waals surface area (Å²) in [5.41, 5.74) is 0.526. The molecule has 0 saturated carbocycles. The number of nitrogens with zero attached hydrogens (tertiary/aromatic N) is 1. The molecule has 0 spiro atoms. The molecule has 0 aromatic heterocycles. The van der Waals surface area contributed by atoms with Crippen LogP contribution < -0.4 is 5.32 Å². The molecule has 0 radical (unpaired) electrons. The number of halogens is 1. The molecule has 0 heterocycles. The predicted octanol–water partition coefficient (Wildman–Crippen LogP) is 2.45. The van der Waals surface area contributed by atoms with Crippen molar-refractivity contribution in [3.05, 3.63) is 30.1 Å². The Morgan fingerprint density at radius 1 is 1.33 bits per heavy atom. The maximum absolute atomic E-state index is 12.7. The Kier molecular flexibility index (Phi) is 5.09. The topological polar surface area (TPSA) is 52.6 Å². The van der Waals surface area contributed by atoms with Gasteiger partial charge in [0.2, 0.25) is 0 Å². The lowest BCUT2D eigenvalue weighted by Gasteiger charge is -2.28. The van der Waals surface area contributed by atoms with Gasteiger partial charge in [-0.1, -0.05) is 0 Å². The summed E-state index contributed by atoms with van der Waals surface area (Å²) in [6, 6.07) is 5.22. The van der Waals surface area contributed by atoms with Crippen molar-refractivity contribution in [2.45, 2.75) is 32.9 Å². The Labute approximate surface area is 106 Å². The van der Waals surface area contributed by atoms with E-state index in [-0.39, 0.29) is 24.4 Å². The number of rotatable bonds is 4. The van der Waals surface area contributed by atoms with Gasteiger partial charge in [-0.05, 0) is 45.0 Å². The molecule has 1 atom stereocenters. The van der Waals surface area contributed by atoms with Crippen molar-refractivity contribution in [1.29, 1.82) is 0 Å². The first kappa shape index (κ1) is 14.4. The minimum Gasteiger partial charge on any atom is -0.392 e. The molecule has 1 unspecified atom stereocenters. The number of carbonyl (C=O) groups excluding carboxylic acids is 1. The Morgan fingerprint density at radius 3 is 2.33 bits per heavy atom. The number of hydrogen-bond acceptors (Lipinski definition) is 2. The molecule has 0 aliphatic carbocycles. The first-order chi connectivity index (χ1) is 8.40. The number of aliphatic hydroxyl groups excluding tert-OH is 1. The molecule has 0 aliphatic heterocycles. The standard InChI is InChI=1S/C13H19FN2O2/c1-9(2)16(8-10(3)17)13(18)15-12-6-4-11(14)5-7-12/h4-7,9-10,17H,8H2,1-3H3,(H,15,18). The predicted molar refractivity (Wildman–Crippen MR) is 68.9 cm³/mol. The number of aliphatic hydroxyl groups is 1. The molecule has 0 bridgehead atoms. The van der Waals surface area contributed by atoms with Gasteiger partial charge in [-0.3, -0.25) is 0 Å². The lowest BCUT2D eigenvalue weighted by Crippen LogP contribution is -2.43. The highest BCUT2D eigenvalue weighted by Crippen LogP contribution is 2.10. The van der Waals surface area contributed by atoms with Crippen LogP contribution in [-0.2, 0) is 0 Å². The zero-order chi connectivity index (χ0) is 13.7. The molecular weight excluding hydrogens is 235 g/mol. The van der Waals surface area contributed by atoms with E-state index in [2.05, 4.69) is 5.32 Å². The van der Waals surface area contributed by atoms with Gasteiger partial charge >= 0.3 is 6.03 Å². The Bertz CT molecular complexity index is 390. The van der Waals surface area contributed by atoms with Gasteiger partial charge < -0.3 is 15.3 Å². The van der Waals surface area contributed by atoms with Gasteiger partial charge in [-0.15, -0.1) is 0 Å². The van der Waals surface area contributed by atoms with Crippen molar-refractivity contribution >= 4 is 11.7 Å². The fourth-order valence-electron chi connectivity index (χ4n) is 1.54. The smallest absolute Gasteiger partial charge is 0.322 e. The summed E-state index contributed by atoms with van der Waals surface area (Å²) in [6.07, 6.45) is -0.591. The zero-order valence-corrected chi connectivity index (χ0v) is 10.9. The number of nitrogens with one attached hydrogen (secondary N) is 1. The molecular formula is C13H19FN2O2. The maximum Gasteiger partial charge on any atom is 0.322 e. The molecule has 2 N–H and O–H groups in total. The third-order valence-electron chi connectivity index (χ3n) is 2.44. The van der Waals surface area contributed by atoms with E-state index in [1.807, 2.05) is 13.8 Å². The summed E-state index contributed by atoms with van der Waals surface area (Å²) in [5, 5.41) is 12.0. The number of benzene rings is 1. The van der Waals surface area contributed by atoms with Crippen LogP contribution in [0.1, 0.15) is 20.8 Å². The van der Waals surface area contributed by atoms with Crippen LogP contribution in [0.2, 0.25) is 0 Å². The molecule has 18 heavy (non-hydrogen) atoms. The minimum absolute atomic E-state index is 0.0277. The van der Waals surface area contributed by atoms with Gasteiger partial charge in [0.25, 0.3) is 0 Å². The molecule has 1 aromatic carbocycles. The van der Waals surface area contributed by atoms with Gasteiger partial charge in [0.1, 0.15) is 5.82 Å². The van der Waals surface area contributed by atoms with Crippen molar-refractivity contribution in [1.82, 2.24) is 4.90 Å². The second kappa shape index (κ2) is 6.35. The Balaban J connectivity index is 2.69. The van der Waals surface area contributed by atoms with Crippen molar-refractivity contribution in [3.63, 3.8) is 0 Å². The quantitative estimate of drug-likeness (QED) is 0.867. The molecule has 1 rings (SSSR count). The maximum atomic E-state index is 12.7. The van der Waals surface area contributed by atoms with Crippen LogP contribution >= 0.6 is 0 Å². The van der Waals surface area contributed by atoms with Crippen LogP contribution in [-0.4, -0.2) is 34.7 Å². The molecule has 0 aliphatic rings. The number of urea groups is 1. The van der Waals surface area contributed by atoms with Crippen LogP contribution in [0.15, 0.2) is 24.3 Å². The second-order valence-electron chi connectivity index (χ2n) is 4.53. The first-order valence-corrected chi connectivity index (χ1v) is 5.91. The molecule has 2 amide bonds. The molecule has 4 nitrogen and oxygen atoms in total. The van der Waals surface area contributed by atoms with Crippen molar-refractivity contribution < 1.29 is 14.3 Å². The van der Waals surface area contributed by atoms with E-state index in [1.165, 1.54) is 29.2 Å². The van der Waals surface area contributed by atoms with Crippen LogP contribution in [0.25, 0.3) is 0 Å². The third-order valence-corrected chi connectivity index (χ3v) is 2.44. The summed E-state index contributed by atoms with van der Waals surface area (Å²) >= 11 is 0. The van der Waals surface area contributed by atoms with Crippen LogP contribution in [0.5, 0.6) is 0 Å². The fourth-order valence-corrected chi connectivity index (χ4v) is 1.54. The summed E-state index contributed by atoms with van der Waals surface area (Å²) in [5.74, 6) is -0.349.